The van der Waals surface area contributed by atoms with Crippen LogP contribution < -0.4 is 0 Å². The summed E-state index contributed by atoms with van der Waals surface area (Å²) in [7, 11) is 0. The number of aromatic nitrogens is 4. The van der Waals surface area contributed by atoms with E-state index in [0.29, 0.717) is 34.2 Å². The van der Waals surface area contributed by atoms with Crippen LogP contribution in [0.1, 0.15) is 11.1 Å². The topological polar surface area (TPSA) is 91.2 Å². The van der Waals surface area contributed by atoms with Gasteiger partial charge >= 0.3 is 0 Å². The van der Waals surface area contributed by atoms with Gasteiger partial charge in [0.1, 0.15) is 0 Å². The molecule has 6 heteroatoms. The van der Waals surface area contributed by atoms with Crippen molar-refractivity contribution in [1.82, 2.24) is 19.5 Å². The van der Waals surface area contributed by atoms with Crippen molar-refractivity contribution in [3.8, 4) is 52.0 Å². The van der Waals surface area contributed by atoms with E-state index in [-0.39, 0.29) is 0 Å². The molecular weight excluding hydrogens is 504 g/mol. The highest BCUT2D eigenvalue weighted by Crippen LogP contribution is 2.34. The summed E-state index contributed by atoms with van der Waals surface area (Å²) < 4.78 is 2.12. The first-order chi connectivity index (χ1) is 20.2. The van der Waals surface area contributed by atoms with Gasteiger partial charge in [0.25, 0.3) is 0 Å². The molecule has 0 saturated heterocycles. The van der Waals surface area contributed by atoms with Crippen LogP contribution in [-0.2, 0) is 0 Å². The number of rotatable bonds is 4. The lowest BCUT2D eigenvalue weighted by Gasteiger charge is -2.12. The predicted octanol–water partition coefficient (Wildman–Crippen LogP) is 7.71. The van der Waals surface area contributed by atoms with Gasteiger partial charge in [-0.25, -0.2) is 15.0 Å². The second kappa shape index (κ2) is 9.89. The Labute approximate surface area is 236 Å². The highest BCUT2D eigenvalue weighted by atomic mass is 15.0. The van der Waals surface area contributed by atoms with Gasteiger partial charge in [-0.2, -0.15) is 10.5 Å². The van der Waals surface area contributed by atoms with Crippen LogP contribution >= 0.6 is 0 Å². The minimum atomic E-state index is 0.476. The highest BCUT2D eigenvalue weighted by Gasteiger charge is 2.17. The first-order valence-electron chi connectivity index (χ1n) is 13.1. The summed E-state index contributed by atoms with van der Waals surface area (Å²) in [5, 5.41) is 21.6. The quantitative estimate of drug-likeness (QED) is 0.235. The maximum absolute atomic E-state index is 10.0. The third kappa shape index (κ3) is 4.27. The Morgan fingerprint density at radius 1 is 0.463 bits per heavy atom. The molecule has 0 amide bonds. The fraction of sp³-hybridized carbons (Fsp3) is 0. The molecule has 0 aliphatic carbocycles. The maximum atomic E-state index is 10.0. The molecule has 0 atom stereocenters. The molecule has 0 spiro atoms. The normalized spacial score (nSPS) is 10.9. The molecule has 0 aliphatic heterocycles. The molecule has 0 fully saturated rings. The molecule has 0 bridgehead atoms. The van der Waals surface area contributed by atoms with E-state index in [9.17, 15) is 10.5 Å². The Balaban J connectivity index is 1.49. The van der Waals surface area contributed by atoms with Crippen molar-refractivity contribution in [3.63, 3.8) is 0 Å². The zero-order valence-corrected chi connectivity index (χ0v) is 21.7. The molecule has 0 saturated carbocycles. The van der Waals surface area contributed by atoms with Crippen LogP contribution in [0.25, 0.3) is 61.7 Å². The minimum Gasteiger partial charge on any atom is -0.309 e. The number of fused-ring (bicyclic) bond motifs is 3. The summed E-state index contributed by atoms with van der Waals surface area (Å²) in [4.78, 5) is 14.5. The smallest absolute Gasteiger partial charge is 0.164 e. The molecule has 7 rings (SSSR count). The fourth-order valence-electron chi connectivity index (χ4n) is 5.19. The average molecular weight is 525 g/mol. The molecule has 190 valence electrons. The monoisotopic (exact) mass is 524 g/mol. The van der Waals surface area contributed by atoms with Crippen molar-refractivity contribution in [2.45, 2.75) is 0 Å². The van der Waals surface area contributed by atoms with Crippen molar-refractivity contribution in [1.29, 1.82) is 10.5 Å². The van der Waals surface area contributed by atoms with Crippen molar-refractivity contribution in [2.75, 3.05) is 0 Å². The Morgan fingerprint density at radius 3 is 1.66 bits per heavy atom. The lowest BCUT2D eigenvalue weighted by molar-refractivity contribution is 1.07. The van der Waals surface area contributed by atoms with Crippen molar-refractivity contribution >= 4 is 21.8 Å². The van der Waals surface area contributed by atoms with Crippen LogP contribution in [0.4, 0.5) is 0 Å². The van der Waals surface area contributed by atoms with E-state index in [1.54, 1.807) is 0 Å². The van der Waals surface area contributed by atoms with Crippen LogP contribution in [0.5, 0.6) is 0 Å². The van der Waals surface area contributed by atoms with Gasteiger partial charge in [-0.1, -0.05) is 78.9 Å². The molecule has 6 nitrogen and oxygen atoms in total. The number of benzene rings is 5. The highest BCUT2D eigenvalue weighted by molar-refractivity contribution is 6.09. The largest absolute Gasteiger partial charge is 0.309 e. The molecule has 2 heterocycles. The molecule has 0 radical (unpaired) electrons. The summed E-state index contributed by atoms with van der Waals surface area (Å²) in [6.45, 7) is 0. The van der Waals surface area contributed by atoms with Crippen molar-refractivity contribution in [2.24, 2.45) is 0 Å². The average Bonchev–Trinajstić information content (AvgIpc) is 3.38. The van der Waals surface area contributed by atoms with Gasteiger partial charge in [-0.15, -0.1) is 0 Å². The van der Waals surface area contributed by atoms with Crippen LogP contribution in [0, 0.1) is 22.7 Å². The third-order valence-electron chi connectivity index (χ3n) is 7.06. The Bertz CT molecular complexity index is 2110. The van der Waals surface area contributed by atoms with Crippen LogP contribution in [0.15, 0.2) is 121 Å². The number of hydrogen-bond donors (Lipinski definition) is 0. The van der Waals surface area contributed by atoms with Gasteiger partial charge in [0, 0.05) is 33.2 Å². The third-order valence-corrected chi connectivity index (χ3v) is 7.06. The van der Waals surface area contributed by atoms with Gasteiger partial charge in [0.2, 0.25) is 0 Å². The summed E-state index contributed by atoms with van der Waals surface area (Å²) in [5.74, 6) is 1.59. The summed E-state index contributed by atoms with van der Waals surface area (Å²) in [6, 6.07) is 43.6. The molecule has 0 N–H and O–H groups in total. The summed E-state index contributed by atoms with van der Waals surface area (Å²) in [5.41, 5.74) is 6.26. The van der Waals surface area contributed by atoms with E-state index in [1.165, 1.54) is 0 Å². The Morgan fingerprint density at radius 2 is 1.02 bits per heavy atom. The van der Waals surface area contributed by atoms with E-state index in [2.05, 4.69) is 22.8 Å². The summed E-state index contributed by atoms with van der Waals surface area (Å²) in [6.07, 6.45) is 0. The fourth-order valence-corrected chi connectivity index (χ4v) is 5.19. The second-order valence-electron chi connectivity index (χ2n) is 9.61. The van der Waals surface area contributed by atoms with Crippen LogP contribution in [0.2, 0.25) is 0 Å². The number of nitrogens with zero attached hydrogens (tertiary/aromatic N) is 6. The van der Waals surface area contributed by atoms with E-state index < -0.39 is 0 Å². The SMILES string of the molecule is N#Cc1cc(-c2nc(-c3ccccc3)nc(-c3ccccc3)n2)cc(-n2c3ccccc3c3cc(C#N)ccc32)c1. The predicted molar refractivity (Wildman–Crippen MR) is 160 cm³/mol. The first-order valence-corrected chi connectivity index (χ1v) is 13.1. The number of hydrogen-bond acceptors (Lipinski definition) is 5. The molecule has 2 aromatic heterocycles. The van der Waals surface area contributed by atoms with Gasteiger partial charge < -0.3 is 4.57 Å². The zero-order chi connectivity index (χ0) is 27.8. The van der Waals surface area contributed by atoms with Crippen LogP contribution in [0.3, 0.4) is 0 Å². The van der Waals surface area contributed by atoms with E-state index >= 15 is 0 Å². The van der Waals surface area contributed by atoms with Gasteiger partial charge in [-0.05, 0) is 42.5 Å². The van der Waals surface area contributed by atoms with Crippen LogP contribution in [-0.4, -0.2) is 19.5 Å². The molecule has 0 unspecified atom stereocenters. The van der Waals surface area contributed by atoms with E-state index in [4.69, 9.17) is 15.0 Å². The Kier molecular flexibility index (Phi) is 5.78. The van der Waals surface area contributed by atoms with Gasteiger partial charge in [0.15, 0.2) is 17.5 Å². The first kappa shape index (κ1) is 24.0. The lowest BCUT2D eigenvalue weighted by atomic mass is 10.1. The summed E-state index contributed by atoms with van der Waals surface area (Å²) >= 11 is 0. The number of nitriles is 2. The molecule has 41 heavy (non-hydrogen) atoms. The van der Waals surface area contributed by atoms with Crippen molar-refractivity contribution < 1.29 is 0 Å². The van der Waals surface area contributed by atoms with Gasteiger partial charge in [-0.3, -0.25) is 0 Å². The van der Waals surface area contributed by atoms with Crippen molar-refractivity contribution in [3.05, 3.63) is 132 Å². The molecular formula is C35H20N6. The number of para-hydroxylation sites is 1. The molecule has 7 aromatic rings. The lowest BCUT2D eigenvalue weighted by Crippen LogP contribution is -2.01. The molecule has 0 aliphatic rings. The molecule has 5 aromatic carbocycles. The van der Waals surface area contributed by atoms with E-state index in [0.717, 1.165) is 38.6 Å². The Hall–Kier alpha value is -6.11. The maximum Gasteiger partial charge on any atom is 0.164 e. The standard InChI is InChI=1S/C35H20N6/c36-21-23-15-16-32-30(19-23)29-13-7-8-14-31(29)41(32)28-18-24(22-37)17-27(20-28)35-39-33(25-9-3-1-4-10-25)38-34(40-35)26-11-5-2-6-12-26/h1-20H. The van der Waals surface area contributed by atoms with Gasteiger partial charge in [0.05, 0.1) is 34.3 Å². The second-order valence-corrected chi connectivity index (χ2v) is 9.61. The zero-order valence-electron chi connectivity index (χ0n) is 21.7. The van der Waals surface area contributed by atoms with E-state index in [1.807, 2.05) is 115 Å². The minimum absolute atomic E-state index is 0.476.